The van der Waals surface area contributed by atoms with Crippen LogP contribution >= 0.6 is 11.6 Å². The van der Waals surface area contributed by atoms with Gasteiger partial charge in [-0.05, 0) is 24.3 Å². The second kappa shape index (κ2) is 5.75. The van der Waals surface area contributed by atoms with Gasteiger partial charge in [0.1, 0.15) is 17.4 Å². The van der Waals surface area contributed by atoms with Gasteiger partial charge in [-0.3, -0.25) is 0 Å². The molecule has 0 N–H and O–H groups in total. The van der Waals surface area contributed by atoms with Gasteiger partial charge < -0.3 is 9.26 Å². The number of halogens is 1. The summed E-state index contributed by atoms with van der Waals surface area (Å²) in [7, 11) is 0. The van der Waals surface area contributed by atoms with Crippen LogP contribution in [0.1, 0.15) is 5.89 Å². The molecular weight excluding hydrogens is 276 g/mol. The number of rotatable bonds is 4. The van der Waals surface area contributed by atoms with Gasteiger partial charge in [-0.25, -0.2) is 0 Å². The molecule has 100 valence electrons. The summed E-state index contributed by atoms with van der Waals surface area (Å²) in [6.07, 6.45) is 0. The third kappa shape index (κ3) is 2.81. The average molecular weight is 287 g/mol. The van der Waals surface area contributed by atoms with Crippen molar-refractivity contribution in [3.8, 4) is 22.9 Å². The zero-order valence-electron chi connectivity index (χ0n) is 10.5. The molecule has 0 aliphatic rings. The highest BCUT2D eigenvalue weighted by molar-refractivity contribution is 6.16. The van der Waals surface area contributed by atoms with E-state index < -0.39 is 0 Å². The van der Waals surface area contributed by atoms with Crippen LogP contribution < -0.4 is 4.74 Å². The Labute approximate surface area is 121 Å². The summed E-state index contributed by atoms with van der Waals surface area (Å²) in [5, 5.41) is 3.88. The van der Waals surface area contributed by atoms with Gasteiger partial charge in [-0.1, -0.05) is 35.5 Å². The molecule has 0 saturated carbocycles. The molecule has 0 spiro atoms. The van der Waals surface area contributed by atoms with E-state index in [1.165, 1.54) is 0 Å². The predicted octanol–water partition coefficient (Wildman–Crippen LogP) is 4.27. The first-order chi connectivity index (χ1) is 9.85. The Bertz CT molecular complexity index is 698. The minimum atomic E-state index is 0.202. The average Bonchev–Trinajstić information content (AvgIpc) is 2.98. The van der Waals surface area contributed by atoms with E-state index in [0.29, 0.717) is 17.5 Å². The first-order valence-electron chi connectivity index (χ1n) is 6.07. The van der Waals surface area contributed by atoms with Crippen LogP contribution in [-0.4, -0.2) is 10.1 Å². The molecule has 3 aromatic rings. The molecule has 20 heavy (non-hydrogen) atoms. The number of hydrogen-bond acceptors (Lipinski definition) is 4. The highest BCUT2D eigenvalue weighted by atomic mass is 35.5. The number of ether oxygens (including phenoxy) is 1. The maximum Gasteiger partial charge on any atom is 0.241 e. The molecule has 0 atom stereocenters. The standard InChI is InChI=1S/C15H11ClN2O2/c16-10-14-17-15(18-20-14)11-5-4-8-13(9-11)19-12-6-2-1-3-7-12/h1-9H,10H2. The van der Waals surface area contributed by atoms with Crippen LogP contribution in [0.3, 0.4) is 0 Å². The lowest BCUT2D eigenvalue weighted by Gasteiger charge is -2.05. The fraction of sp³-hybridized carbons (Fsp3) is 0.0667. The quantitative estimate of drug-likeness (QED) is 0.672. The maximum atomic E-state index is 5.76. The molecule has 0 aliphatic heterocycles. The van der Waals surface area contributed by atoms with Crippen LogP contribution in [0.15, 0.2) is 59.1 Å². The van der Waals surface area contributed by atoms with Gasteiger partial charge in [-0.15, -0.1) is 11.6 Å². The number of para-hydroxylation sites is 1. The molecule has 3 rings (SSSR count). The number of benzene rings is 2. The predicted molar refractivity (Wildman–Crippen MR) is 75.8 cm³/mol. The first kappa shape index (κ1) is 12.7. The summed E-state index contributed by atoms with van der Waals surface area (Å²) in [4.78, 5) is 4.18. The van der Waals surface area contributed by atoms with E-state index in [4.69, 9.17) is 20.9 Å². The third-order valence-electron chi connectivity index (χ3n) is 2.65. The van der Waals surface area contributed by atoms with Crippen molar-refractivity contribution in [2.75, 3.05) is 0 Å². The van der Waals surface area contributed by atoms with E-state index in [0.717, 1.165) is 11.3 Å². The molecule has 2 aromatic carbocycles. The van der Waals surface area contributed by atoms with Crippen molar-refractivity contribution in [2.24, 2.45) is 0 Å². The van der Waals surface area contributed by atoms with Crippen molar-refractivity contribution in [2.45, 2.75) is 5.88 Å². The zero-order valence-corrected chi connectivity index (χ0v) is 11.2. The van der Waals surface area contributed by atoms with E-state index in [2.05, 4.69) is 10.1 Å². The minimum Gasteiger partial charge on any atom is -0.457 e. The fourth-order valence-electron chi connectivity index (χ4n) is 1.75. The Balaban J connectivity index is 1.86. The molecule has 0 saturated heterocycles. The topological polar surface area (TPSA) is 48.2 Å². The lowest BCUT2D eigenvalue weighted by atomic mass is 10.2. The van der Waals surface area contributed by atoms with Gasteiger partial charge in [0.2, 0.25) is 11.7 Å². The Kier molecular flexibility index (Phi) is 3.65. The largest absolute Gasteiger partial charge is 0.457 e. The smallest absolute Gasteiger partial charge is 0.241 e. The van der Waals surface area contributed by atoms with Gasteiger partial charge in [0.15, 0.2) is 0 Å². The molecule has 0 amide bonds. The number of nitrogens with zero attached hydrogens (tertiary/aromatic N) is 2. The molecule has 0 fully saturated rings. The highest BCUT2D eigenvalue weighted by Gasteiger charge is 2.08. The lowest BCUT2D eigenvalue weighted by molar-refractivity contribution is 0.391. The summed E-state index contributed by atoms with van der Waals surface area (Å²) in [5.41, 5.74) is 0.818. The van der Waals surface area contributed by atoms with Crippen molar-refractivity contribution >= 4 is 11.6 Å². The van der Waals surface area contributed by atoms with Crippen LogP contribution in [0.2, 0.25) is 0 Å². The first-order valence-corrected chi connectivity index (χ1v) is 6.60. The number of hydrogen-bond donors (Lipinski definition) is 0. The lowest BCUT2D eigenvalue weighted by Crippen LogP contribution is -1.86. The van der Waals surface area contributed by atoms with Crippen molar-refractivity contribution in [3.63, 3.8) is 0 Å². The molecule has 0 aliphatic carbocycles. The van der Waals surface area contributed by atoms with Gasteiger partial charge in [0, 0.05) is 5.56 Å². The Morgan fingerprint density at radius 1 is 1.00 bits per heavy atom. The van der Waals surface area contributed by atoms with E-state index in [-0.39, 0.29) is 5.88 Å². The van der Waals surface area contributed by atoms with Gasteiger partial charge in [0.05, 0.1) is 0 Å². The van der Waals surface area contributed by atoms with E-state index in [1.54, 1.807) is 0 Å². The van der Waals surface area contributed by atoms with Crippen molar-refractivity contribution in [1.29, 1.82) is 0 Å². The van der Waals surface area contributed by atoms with Crippen LogP contribution in [-0.2, 0) is 5.88 Å². The summed E-state index contributed by atoms with van der Waals surface area (Å²) >= 11 is 5.65. The molecule has 5 heteroatoms. The molecule has 0 unspecified atom stereocenters. The molecule has 4 nitrogen and oxygen atoms in total. The second-order valence-electron chi connectivity index (χ2n) is 4.09. The normalized spacial score (nSPS) is 10.4. The van der Waals surface area contributed by atoms with E-state index in [9.17, 15) is 0 Å². The van der Waals surface area contributed by atoms with E-state index in [1.807, 2.05) is 54.6 Å². The second-order valence-corrected chi connectivity index (χ2v) is 4.36. The van der Waals surface area contributed by atoms with Crippen molar-refractivity contribution < 1.29 is 9.26 Å². The summed E-state index contributed by atoms with van der Waals surface area (Å²) in [6, 6.07) is 17.1. The van der Waals surface area contributed by atoms with Gasteiger partial charge in [-0.2, -0.15) is 4.98 Å². The minimum absolute atomic E-state index is 0.202. The summed E-state index contributed by atoms with van der Waals surface area (Å²) < 4.78 is 10.8. The van der Waals surface area contributed by atoms with Crippen LogP contribution in [0, 0.1) is 0 Å². The molecule has 1 heterocycles. The Hall–Kier alpha value is -2.33. The monoisotopic (exact) mass is 286 g/mol. The molecule has 1 aromatic heterocycles. The van der Waals surface area contributed by atoms with Crippen LogP contribution in [0.25, 0.3) is 11.4 Å². The van der Waals surface area contributed by atoms with E-state index >= 15 is 0 Å². The Morgan fingerprint density at radius 2 is 1.80 bits per heavy atom. The summed E-state index contributed by atoms with van der Waals surface area (Å²) in [6.45, 7) is 0. The SMILES string of the molecule is ClCc1nc(-c2cccc(Oc3ccccc3)c2)no1. The fourth-order valence-corrected chi connectivity index (χ4v) is 1.86. The zero-order chi connectivity index (χ0) is 13.8. The number of aromatic nitrogens is 2. The van der Waals surface area contributed by atoms with Crippen molar-refractivity contribution in [1.82, 2.24) is 10.1 Å². The van der Waals surface area contributed by atoms with Crippen LogP contribution in [0.4, 0.5) is 0 Å². The van der Waals surface area contributed by atoms with Crippen LogP contribution in [0.5, 0.6) is 11.5 Å². The molecular formula is C15H11ClN2O2. The van der Waals surface area contributed by atoms with Gasteiger partial charge >= 0.3 is 0 Å². The summed E-state index contributed by atoms with van der Waals surface area (Å²) in [5.74, 6) is 2.59. The molecule has 0 radical (unpaired) electrons. The highest BCUT2D eigenvalue weighted by Crippen LogP contribution is 2.25. The third-order valence-corrected chi connectivity index (χ3v) is 2.88. The number of alkyl halides is 1. The Morgan fingerprint density at radius 3 is 2.55 bits per heavy atom. The van der Waals surface area contributed by atoms with Gasteiger partial charge in [0.25, 0.3) is 0 Å². The maximum absolute atomic E-state index is 5.76. The van der Waals surface area contributed by atoms with Crippen molar-refractivity contribution in [3.05, 3.63) is 60.5 Å². The molecule has 0 bridgehead atoms.